The van der Waals surface area contributed by atoms with Crippen LogP contribution in [-0.4, -0.2) is 6.04 Å². The van der Waals surface area contributed by atoms with Crippen LogP contribution in [0.2, 0.25) is 5.02 Å². The van der Waals surface area contributed by atoms with Gasteiger partial charge in [0.1, 0.15) is 6.07 Å². The second-order valence-corrected chi connectivity index (χ2v) is 6.30. The van der Waals surface area contributed by atoms with Crippen LogP contribution in [0.1, 0.15) is 45.1 Å². The second kappa shape index (κ2) is 5.20. The molecule has 3 heteroatoms. The van der Waals surface area contributed by atoms with Crippen molar-refractivity contribution in [1.29, 1.82) is 5.26 Å². The van der Waals surface area contributed by atoms with Crippen LogP contribution in [0, 0.1) is 16.7 Å². The van der Waals surface area contributed by atoms with E-state index in [0.29, 0.717) is 22.0 Å². The molecule has 1 aliphatic rings. The minimum Gasteiger partial charge on any atom is -0.382 e. The van der Waals surface area contributed by atoms with Gasteiger partial charge in [-0.15, -0.1) is 0 Å². The monoisotopic (exact) mass is 262 g/mol. The molecule has 0 atom stereocenters. The molecule has 0 aliphatic heterocycles. The van der Waals surface area contributed by atoms with Crippen LogP contribution in [0.4, 0.5) is 5.69 Å². The number of hydrogen-bond donors (Lipinski definition) is 1. The minimum absolute atomic E-state index is 0.482. The third-order valence-electron chi connectivity index (χ3n) is 3.80. The van der Waals surface area contributed by atoms with Gasteiger partial charge in [-0.2, -0.15) is 5.26 Å². The first-order valence-electron chi connectivity index (χ1n) is 6.46. The van der Waals surface area contributed by atoms with E-state index in [-0.39, 0.29) is 0 Å². The van der Waals surface area contributed by atoms with E-state index in [1.807, 2.05) is 12.1 Å². The van der Waals surface area contributed by atoms with E-state index < -0.39 is 0 Å². The molecule has 96 valence electrons. The van der Waals surface area contributed by atoms with Crippen LogP contribution in [0.25, 0.3) is 0 Å². The van der Waals surface area contributed by atoms with Gasteiger partial charge in [0.25, 0.3) is 0 Å². The molecule has 0 bridgehead atoms. The fourth-order valence-electron chi connectivity index (χ4n) is 2.48. The third-order valence-corrected chi connectivity index (χ3v) is 4.13. The lowest BCUT2D eigenvalue weighted by atomic mass is 9.75. The van der Waals surface area contributed by atoms with Crippen LogP contribution < -0.4 is 5.32 Å². The van der Waals surface area contributed by atoms with Gasteiger partial charge in [0.15, 0.2) is 0 Å². The first-order valence-corrected chi connectivity index (χ1v) is 6.84. The number of anilines is 1. The smallest absolute Gasteiger partial charge is 0.101 e. The number of halogens is 1. The zero-order valence-corrected chi connectivity index (χ0v) is 11.7. The van der Waals surface area contributed by atoms with Gasteiger partial charge < -0.3 is 5.32 Å². The quantitative estimate of drug-likeness (QED) is 0.846. The summed E-state index contributed by atoms with van der Waals surface area (Å²) in [6.45, 7) is 4.67. The Bertz CT molecular complexity index is 464. The van der Waals surface area contributed by atoms with Gasteiger partial charge in [-0.05, 0) is 49.3 Å². The van der Waals surface area contributed by atoms with Crippen molar-refractivity contribution >= 4 is 17.3 Å². The molecule has 0 aromatic heterocycles. The number of hydrogen-bond acceptors (Lipinski definition) is 2. The van der Waals surface area contributed by atoms with E-state index >= 15 is 0 Å². The van der Waals surface area contributed by atoms with Crippen molar-refractivity contribution in [2.24, 2.45) is 5.41 Å². The van der Waals surface area contributed by atoms with Crippen molar-refractivity contribution < 1.29 is 0 Å². The summed E-state index contributed by atoms with van der Waals surface area (Å²) in [5, 5.41) is 13.0. The molecule has 1 aliphatic carbocycles. The highest BCUT2D eigenvalue weighted by molar-refractivity contribution is 6.31. The summed E-state index contributed by atoms with van der Waals surface area (Å²) in [6.07, 6.45) is 4.89. The summed E-state index contributed by atoms with van der Waals surface area (Å²) in [4.78, 5) is 0. The largest absolute Gasteiger partial charge is 0.382 e. The maximum Gasteiger partial charge on any atom is 0.101 e. The van der Waals surface area contributed by atoms with Crippen LogP contribution in [-0.2, 0) is 0 Å². The van der Waals surface area contributed by atoms with Crippen molar-refractivity contribution in [3.8, 4) is 6.07 Å². The zero-order chi connectivity index (χ0) is 13.2. The SMILES string of the molecule is CC1(C)CCC(Nc2ccc(Cl)c(C#N)c2)CC1. The van der Waals surface area contributed by atoms with Gasteiger partial charge in [-0.25, -0.2) is 0 Å². The van der Waals surface area contributed by atoms with Gasteiger partial charge in [-0.1, -0.05) is 25.4 Å². The lowest BCUT2D eigenvalue weighted by Gasteiger charge is -2.35. The Balaban J connectivity index is 2.01. The highest BCUT2D eigenvalue weighted by Gasteiger charge is 2.26. The highest BCUT2D eigenvalue weighted by atomic mass is 35.5. The Labute approximate surface area is 114 Å². The molecule has 1 aromatic carbocycles. The normalized spacial score (nSPS) is 19.2. The highest BCUT2D eigenvalue weighted by Crippen LogP contribution is 2.36. The van der Waals surface area contributed by atoms with Gasteiger partial charge in [0.2, 0.25) is 0 Å². The molecular weight excluding hydrogens is 244 g/mol. The number of nitrogens with one attached hydrogen (secondary N) is 1. The summed E-state index contributed by atoms with van der Waals surface area (Å²) in [7, 11) is 0. The molecule has 18 heavy (non-hydrogen) atoms. The lowest BCUT2D eigenvalue weighted by Crippen LogP contribution is -2.29. The Morgan fingerprint density at radius 1 is 1.33 bits per heavy atom. The molecule has 1 N–H and O–H groups in total. The molecule has 0 unspecified atom stereocenters. The molecule has 0 spiro atoms. The summed E-state index contributed by atoms with van der Waals surface area (Å²) in [6, 6.07) is 8.20. The van der Waals surface area contributed by atoms with E-state index in [4.69, 9.17) is 16.9 Å². The summed E-state index contributed by atoms with van der Waals surface area (Å²) in [5.74, 6) is 0. The molecule has 0 radical (unpaired) electrons. The molecular formula is C15H19ClN2. The van der Waals surface area contributed by atoms with E-state index in [0.717, 1.165) is 5.69 Å². The Morgan fingerprint density at radius 3 is 2.61 bits per heavy atom. The Morgan fingerprint density at radius 2 is 2.00 bits per heavy atom. The van der Waals surface area contributed by atoms with Crippen molar-refractivity contribution in [3.63, 3.8) is 0 Å². The summed E-state index contributed by atoms with van der Waals surface area (Å²) >= 11 is 5.93. The van der Waals surface area contributed by atoms with E-state index in [9.17, 15) is 0 Å². The van der Waals surface area contributed by atoms with Crippen molar-refractivity contribution in [2.45, 2.75) is 45.6 Å². The van der Waals surface area contributed by atoms with Crippen LogP contribution in [0.5, 0.6) is 0 Å². The lowest BCUT2D eigenvalue weighted by molar-refractivity contribution is 0.232. The van der Waals surface area contributed by atoms with Crippen molar-refractivity contribution in [2.75, 3.05) is 5.32 Å². The standard InChI is InChI=1S/C15H19ClN2/c1-15(2)7-5-12(6-8-15)18-13-3-4-14(16)11(9-13)10-17/h3-4,9,12,18H,5-8H2,1-2H3. The molecule has 1 aromatic rings. The zero-order valence-electron chi connectivity index (χ0n) is 11.0. The molecule has 1 saturated carbocycles. The molecule has 0 heterocycles. The fourth-order valence-corrected chi connectivity index (χ4v) is 2.64. The van der Waals surface area contributed by atoms with Crippen LogP contribution in [0.15, 0.2) is 18.2 Å². The average molecular weight is 263 g/mol. The number of benzene rings is 1. The van der Waals surface area contributed by atoms with E-state index in [1.165, 1.54) is 25.7 Å². The number of rotatable bonds is 2. The van der Waals surface area contributed by atoms with Crippen molar-refractivity contribution in [1.82, 2.24) is 0 Å². The van der Waals surface area contributed by atoms with Gasteiger partial charge in [0, 0.05) is 11.7 Å². The predicted octanol–water partition coefficient (Wildman–Crippen LogP) is 4.59. The number of nitriles is 1. The second-order valence-electron chi connectivity index (χ2n) is 5.89. The molecule has 1 fully saturated rings. The summed E-state index contributed by atoms with van der Waals surface area (Å²) < 4.78 is 0. The molecule has 0 saturated heterocycles. The minimum atomic E-state index is 0.482. The molecule has 0 amide bonds. The van der Waals surface area contributed by atoms with Gasteiger partial charge in [0.05, 0.1) is 10.6 Å². The van der Waals surface area contributed by atoms with Crippen molar-refractivity contribution in [3.05, 3.63) is 28.8 Å². The molecule has 2 nitrogen and oxygen atoms in total. The van der Waals surface area contributed by atoms with Crippen LogP contribution in [0.3, 0.4) is 0 Å². The fraction of sp³-hybridized carbons (Fsp3) is 0.533. The maximum absolute atomic E-state index is 8.96. The Kier molecular flexibility index (Phi) is 3.82. The van der Waals surface area contributed by atoms with Crippen LogP contribution >= 0.6 is 11.6 Å². The molecule has 2 rings (SSSR count). The topological polar surface area (TPSA) is 35.8 Å². The van der Waals surface area contributed by atoms with Gasteiger partial charge in [-0.3, -0.25) is 0 Å². The first kappa shape index (κ1) is 13.2. The van der Waals surface area contributed by atoms with Gasteiger partial charge >= 0.3 is 0 Å². The van der Waals surface area contributed by atoms with E-state index in [1.54, 1.807) is 6.07 Å². The predicted molar refractivity (Wildman–Crippen MR) is 75.8 cm³/mol. The third kappa shape index (κ3) is 3.17. The maximum atomic E-state index is 8.96. The average Bonchev–Trinajstić information content (AvgIpc) is 2.34. The number of nitrogens with zero attached hydrogens (tertiary/aromatic N) is 1. The summed E-state index contributed by atoms with van der Waals surface area (Å²) in [5.41, 5.74) is 2.02. The van der Waals surface area contributed by atoms with E-state index in [2.05, 4.69) is 25.2 Å². The Hall–Kier alpha value is -1.20. The first-order chi connectivity index (χ1) is 8.50.